The molecule has 4 nitrogen and oxygen atoms in total. The van der Waals surface area contributed by atoms with Gasteiger partial charge in [-0.25, -0.2) is 8.42 Å². The van der Waals surface area contributed by atoms with E-state index in [2.05, 4.69) is 91.6 Å². The Hall–Kier alpha value is -2.80. The first-order chi connectivity index (χ1) is 16.5. The van der Waals surface area contributed by atoms with Gasteiger partial charge < -0.3 is 4.55 Å². The number of thiophene rings is 1. The number of fused-ring (bicyclic) bond motifs is 1. The van der Waals surface area contributed by atoms with E-state index in [0.29, 0.717) is 0 Å². The van der Waals surface area contributed by atoms with E-state index >= 15 is 0 Å². The minimum atomic E-state index is -4.27. The SMILES string of the molecule is C[N+]1=C(C=CC2(c3cccs3)CC=CC2)C(C)(C)c2ccccc21.Cc1ccc(S(=O)(=O)[O-])cc1. The van der Waals surface area contributed by atoms with Crippen molar-refractivity contribution < 1.29 is 17.5 Å². The Morgan fingerprint density at radius 3 is 2.20 bits per heavy atom. The van der Waals surface area contributed by atoms with Crippen LogP contribution >= 0.6 is 11.3 Å². The second kappa shape index (κ2) is 9.69. The van der Waals surface area contributed by atoms with Gasteiger partial charge in [-0.1, -0.05) is 60.2 Å². The van der Waals surface area contributed by atoms with Crippen LogP contribution in [-0.2, 0) is 20.9 Å². The van der Waals surface area contributed by atoms with Crippen molar-refractivity contribution in [2.24, 2.45) is 0 Å². The molecule has 182 valence electrons. The number of aryl methyl sites for hydroxylation is 1. The van der Waals surface area contributed by atoms with E-state index in [1.54, 1.807) is 12.1 Å². The van der Waals surface area contributed by atoms with E-state index in [9.17, 15) is 13.0 Å². The summed E-state index contributed by atoms with van der Waals surface area (Å²) in [7, 11) is -2.08. The van der Waals surface area contributed by atoms with Gasteiger partial charge in [0.1, 0.15) is 17.2 Å². The van der Waals surface area contributed by atoms with E-state index in [1.807, 2.05) is 18.3 Å². The third kappa shape index (κ3) is 5.10. The van der Waals surface area contributed by atoms with Gasteiger partial charge in [0.05, 0.1) is 10.3 Å². The number of rotatable bonds is 4. The summed E-state index contributed by atoms with van der Waals surface area (Å²) in [6.45, 7) is 6.49. The quantitative estimate of drug-likeness (QED) is 0.231. The first-order valence-corrected chi connectivity index (χ1v) is 13.9. The molecule has 0 amide bonds. The molecule has 1 aliphatic heterocycles. The fourth-order valence-electron chi connectivity index (χ4n) is 4.90. The van der Waals surface area contributed by atoms with Crippen LogP contribution in [0.5, 0.6) is 0 Å². The highest BCUT2D eigenvalue weighted by Gasteiger charge is 2.43. The molecule has 0 radical (unpaired) electrons. The van der Waals surface area contributed by atoms with Crippen LogP contribution in [0.3, 0.4) is 0 Å². The summed E-state index contributed by atoms with van der Waals surface area (Å²) in [6, 6.07) is 19.0. The minimum absolute atomic E-state index is 0.0461. The van der Waals surface area contributed by atoms with Gasteiger partial charge in [0.2, 0.25) is 5.69 Å². The summed E-state index contributed by atoms with van der Waals surface area (Å²) in [5.74, 6) is 0. The molecule has 3 aromatic rings. The Labute approximate surface area is 212 Å². The zero-order valence-corrected chi connectivity index (χ0v) is 22.2. The third-order valence-corrected chi connectivity index (χ3v) is 8.89. The maximum atomic E-state index is 10.4. The van der Waals surface area contributed by atoms with Crippen molar-refractivity contribution in [1.82, 2.24) is 0 Å². The average Bonchev–Trinajstić information content (AvgIpc) is 3.55. The van der Waals surface area contributed by atoms with Gasteiger partial charge in [-0.3, -0.25) is 0 Å². The lowest BCUT2D eigenvalue weighted by atomic mass is 9.78. The topological polar surface area (TPSA) is 60.2 Å². The zero-order valence-electron chi connectivity index (χ0n) is 20.6. The lowest BCUT2D eigenvalue weighted by Gasteiger charge is -2.24. The van der Waals surface area contributed by atoms with E-state index in [1.165, 1.54) is 34.0 Å². The zero-order chi connectivity index (χ0) is 25.3. The van der Waals surface area contributed by atoms with Gasteiger partial charge in [0.25, 0.3) is 0 Å². The number of benzene rings is 2. The molecule has 0 unspecified atom stereocenters. The largest absolute Gasteiger partial charge is 0.744 e. The highest BCUT2D eigenvalue weighted by Crippen LogP contribution is 2.43. The normalized spacial score (nSPS) is 18.0. The van der Waals surface area contributed by atoms with Crippen LogP contribution < -0.4 is 0 Å². The first-order valence-electron chi connectivity index (χ1n) is 11.7. The second-order valence-corrected chi connectivity index (χ2v) is 12.0. The summed E-state index contributed by atoms with van der Waals surface area (Å²) < 4.78 is 33.5. The van der Waals surface area contributed by atoms with Crippen molar-refractivity contribution in [3.05, 3.63) is 106 Å². The predicted octanol–water partition coefficient (Wildman–Crippen LogP) is 6.50. The van der Waals surface area contributed by atoms with Gasteiger partial charge >= 0.3 is 0 Å². The van der Waals surface area contributed by atoms with Crippen molar-refractivity contribution in [1.29, 1.82) is 0 Å². The van der Waals surface area contributed by atoms with Crippen LogP contribution in [0.1, 0.15) is 42.7 Å². The number of allylic oxidation sites excluding steroid dienone is 4. The number of hydrogen-bond donors (Lipinski definition) is 0. The Bertz CT molecular complexity index is 1390. The van der Waals surface area contributed by atoms with Crippen molar-refractivity contribution in [3.8, 4) is 0 Å². The summed E-state index contributed by atoms with van der Waals surface area (Å²) in [5.41, 5.74) is 5.25. The van der Waals surface area contributed by atoms with Crippen LogP contribution in [0, 0.1) is 6.92 Å². The molecule has 0 fully saturated rings. The maximum absolute atomic E-state index is 10.4. The molecule has 2 aliphatic rings. The first kappa shape index (κ1) is 25.3. The van der Waals surface area contributed by atoms with Crippen LogP contribution in [0.25, 0.3) is 0 Å². The molecule has 0 saturated carbocycles. The third-order valence-electron chi connectivity index (χ3n) is 6.95. The fraction of sp³-hybridized carbons (Fsp3) is 0.276. The van der Waals surface area contributed by atoms with Gasteiger partial charge in [0.15, 0.2) is 5.71 Å². The van der Waals surface area contributed by atoms with E-state index in [-0.39, 0.29) is 15.7 Å². The molecule has 0 spiro atoms. The van der Waals surface area contributed by atoms with Gasteiger partial charge in [-0.05, 0) is 57.2 Å². The minimum Gasteiger partial charge on any atom is -0.744 e. The lowest BCUT2D eigenvalue weighted by Crippen LogP contribution is -2.28. The highest BCUT2D eigenvalue weighted by atomic mass is 32.2. The van der Waals surface area contributed by atoms with Crippen LogP contribution in [0.4, 0.5) is 5.69 Å². The molecule has 0 saturated heterocycles. The number of para-hydroxylation sites is 1. The summed E-state index contributed by atoms with van der Waals surface area (Å²) in [5, 5.41) is 2.19. The predicted molar refractivity (Wildman–Crippen MR) is 143 cm³/mol. The van der Waals surface area contributed by atoms with E-state index in [4.69, 9.17) is 0 Å². The summed E-state index contributed by atoms with van der Waals surface area (Å²) in [6.07, 6.45) is 11.7. The molecule has 1 aromatic heterocycles. The standard InChI is InChI=1S/C22H24NS.C7H8O3S/c1-21(2)17-9-4-5-10-18(17)23(3)19(21)12-15-22(13-6-7-14-22)20-11-8-16-24-20;1-6-2-4-7(5-3-6)11(8,9)10/h4-12,15-16H,13-14H2,1-3H3;2-5H,1H3,(H,8,9,10)/q+1;/p-1. The van der Waals surface area contributed by atoms with Crippen molar-refractivity contribution in [3.63, 3.8) is 0 Å². The Morgan fingerprint density at radius 2 is 1.63 bits per heavy atom. The molecule has 0 bridgehead atoms. The van der Waals surface area contributed by atoms with Gasteiger partial charge in [0, 0.05) is 28.0 Å². The van der Waals surface area contributed by atoms with Crippen molar-refractivity contribution in [2.45, 2.75) is 49.3 Å². The Balaban J connectivity index is 0.000000221. The summed E-state index contributed by atoms with van der Waals surface area (Å²) in [4.78, 5) is 1.29. The van der Waals surface area contributed by atoms with E-state index in [0.717, 1.165) is 18.4 Å². The molecule has 2 aromatic carbocycles. The lowest BCUT2D eigenvalue weighted by molar-refractivity contribution is -0.401. The molecule has 0 N–H and O–H groups in total. The molecular formula is C29H31NO3S2. The van der Waals surface area contributed by atoms with Crippen LogP contribution in [0.15, 0.2) is 95.2 Å². The van der Waals surface area contributed by atoms with Crippen molar-refractivity contribution >= 4 is 32.9 Å². The number of nitrogens with zero attached hydrogens (tertiary/aromatic N) is 1. The number of hydrogen-bond acceptors (Lipinski definition) is 4. The van der Waals surface area contributed by atoms with Crippen molar-refractivity contribution in [2.75, 3.05) is 7.05 Å². The van der Waals surface area contributed by atoms with E-state index < -0.39 is 10.1 Å². The molecule has 35 heavy (non-hydrogen) atoms. The average molecular weight is 506 g/mol. The Kier molecular flexibility index (Phi) is 7.00. The highest BCUT2D eigenvalue weighted by molar-refractivity contribution is 7.85. The molecule has 6 heteroatoms. The van der Waals surface area contributed by atoms with Crippen LogP contribution in [0.2, 0.25) is 0 Å². The second-order valence-electron chi connectivity index (χ2n) is 9.70. The summed E-state index contributed by atoms with van der Waals surface area (Å²) >= 11 is 1.88. The van der Waals surface area contributed by atoms with Crippen LogP contribution in [-0.4, -0.2) is 30.3 Å². The molecular weight excluding hydrogens is 474 g/mol. The molecule has 5 rings (SSSR count). The molecule has 2 heterocycles. The maximum Gasteiger partial charge on any atom is 0.209 e. The van der Waals surface area contributed by atoms with Gasteiger partial charge in [-0.15, -0.1) is 11.3 Å². The monoisotopic (exact) mass is 505 g/mol. The van der Waals surface area contributed by atoms with Gasteiger partial charge in [-0.2, -0.15) is 4.58 Å². The Morgan fingerprint density at radius 1 is 0.971 bits per heavy atom. The smallest absolute Gasteiger partial charge is 0.209 e. The molecule has 0 atom stereocenters. The fourth-order valence-corrected chi connectivity index (χ4v) is 6.30. The molecule has 1 aliphatic carbocycles.